The van der Waals surface area contributed by atoms with E-state index in [2.05, 4.69) is 4.98 Å². The monoisotopic (exact) mass is 216 g/mol. The number of halogens is 3. The van der Waals surface area contributed by atoms with Crippen molar-refractivity contribution in [1.29, 1.82) is 5.26 Å². The average molecular weight is 217 g/mol. The summed E-state index contributed by atoms with van der Waals surface area (Å²) in [4.78, 5) is 3.67. The summed E-state index contributed by atoms with van der Waals surface area (Å²) in [6.45, 7) is 1.58. The first-order valence-corrected chi connectivity index (χ1v) is 4.25. The fourth-order valence-corrected chi connectivity index (χ4v) is 1.44. The first-order valence-electron chi connectivity index (χ1n) is 3.87. The van der Waals surface area contributed by atoms with Crippen LogP contribution in [0, 0.1) is 18.3 Å². The van der Waals surface area contributed by atoms with Crippen molar-refractivity contribution in [2.45, 2.75) is 19.8 Å². The maximum atomic E-state index is 12.5. The molecule has 0 aromatic carbocycles. The van der Waals surface area contributed by atoms with Crippen LogP contribution in [-0.2, 0) is 6.42 Å². The molecule has 0 amide bonds. The minimum absolute atomic E-state index is 0.120. The van der Waals surface area contributed by atoms with Crippen molar-refractivity contribution in [2.24, 2.45) is 0 Å². The number of aryl methyl sites for hydroxylation is 1. The van der Waals surface area contributed by atoms with Crippen molar-refractivity contribution in [3.05, 3.63) is 28.0 Å². The third-order valence-corrected chi connectivity index (χ3v) is 2.03. The molecule has 0 bridgehead atoms. The summed E-state index contributed by atoms with van der Waals surface area (Å²) in [5, 5.41) is 8.61. The predicted molar refractivity (Wildman–Crippen MR) is 48.3 cm³/mol. The zero-order chi connectivity index (χ0) is 10.7. The molecule has 0 aliphatic rings. The molecule has 74 valence electrons. The molecule has 1 aromatic heterocycles. The molecule has 0 fully saturated rings. The average Bonchev–Trinajstić information content (AvgIpc) is 2.09. The van der Waals surface area contributed by atoms with Gasteiger partial charge >= 0.3 is 0 Å². The summed E-state index contributed by atoms with van der Waals surface area (Å²) in [5.74, 6) is 0. The summed E-state index contributed by atoms with van der Waals surface area (Å²) in [6, 6.07) is 3.25. The van der Waals surface area contributed by atoms with E-state index in [9.17, 15) is 8.78 Å². The van der Waals surface area contributed by atoms with E-state index >= 15 is 0 Å². The molecular formula is C9H7ClF2N2. The van der Waals surface area contributed by atoms with Crippen LogP contribution < -0.4 is 0 Å². The summed E-state index contributed by atoms with van der Waals surface area (Å²) >= 11 is 5.73. The van der Waals surface area contributed by atoms with Gasteiger partial charge in [-0.25, -0.2) is 8.78 Å². The van der Waals surface area contributed by atoms with Crippen LogP contribution in [-0.4, -0.2) is 4.98 Å². The molecule has 0 atom stereocenters. The van der Waals surface area contributed by atoms with Gasteiger partial charge in [0.2, 0.25) is 0 Å². The van der Waals surface area contributed by atoms with E-state index in [1.165, 1.54) is 6.07 Å². The molecule has 0 saturated heterocycles. The van der Waals surface area contributed by atoms with Gasteiger partial charge in [0, 0.05) is 16.3 Å². The van der Waals surface area contributed by atoms with Gasteiger partial charge in [0.25, 0.3) is 6.43 Å². The van der Waals surface area contributed by atoms with E-state index < -0.39 is 12.1 Å². The highest BCUT2D eigenvalue weighted by Crippen LogP contribution is 2.27. The number of nitriles is 1. The Morgan fingerprint density at radius 1 is 1.64 bits per heavy atom. The van der Waals surface area contributed by atoms with Gasteiger partial charge in [-0.2, -0.15) is 5.26 Å². The summed E-state index contributed by atoms with van der Waals surface area (Å²) < 4.78 is 25.0. The van der Waals surface area contributed by atoms with E-state index in [-0.39, 0.29) is 17.0 Å². The van der Waals surface area contributed by atoms with Crippen LogP contribution >= 0.6 is 11.6 Å². The Labute approximate surface area is 85.1 Å². The number of aromatic nitrogens is 1. The van der Waals surface area contributed by atoms with Crippen molar-refractivity contribution in [1.82, 2.24) is 4.98 Å². The van der Waals surface area contributed by atoms with Crippen LogP contribution in [0.25, 0.3) is 0 Å². The van der Waals surface area contributed by atoms with Crippen molar-refractivity contribution in [3.8, 4) is 6.07 Å². The molecule has 2 nitrogen and oxygen atoms in total. The SMILES string of the molecule is Cc1cc(Cl)c(CC#N)c(C(F)F)n1. The highest BCUT2D eigenvalue weighted by atomic mass is 35.5. The summed E-state index contributed by atoms with van der Waals surface area (Å²) in [7, 11) is 0. The lowest BCUT2D eigenvalue weighted by Crippen LogP contribution is -2.00. The molecule has 0 radical (unpaired) electrons. The van der Waals surface area contributed by atoms with Crippen LogP contribution in [0.4, 0.5) is 8.78 Å². The van der Waals surface area contributed by atoms with E-state index in [1.807, 2.05) is 0 Å². The second-order valence-electron chi connectivity index (χ2n) is 2.74. The first-order chi connectivity index (χ1) is 6.56. The number of hydrogen-bond donors (Lipinski definition) is 0. The van der Waals surface area contributed by atoms with Gasteiger partial charge in [-0.1, -0.05) is 11.6 Å². The minimum Gasteiger partial charge on any atom is -0.252 e. The molecule has 0 unspecified atom stereocenters. The molecule has 0 aliphatic carbocycles. The molecular weight excluding hydrogens is 210 g/mol. The van der Waals surface area contributed by atoms with Gasteiger partial charge in [0.15, 0.2) is 0 Å². The van der Waals surface area contributed by atoms with Crippen molar-refractivity contribution in [2.75, 3.05) is 0 Å². The lowest BCUT2D eigenvalue weighted by molar-refractivity contribution is 0.145. The predicted octanol–water partition coefficient (Wildman–Crippen LogP) is 3.05. The molecule has 1 heterocycles. The van der Waals surface area contributed by atoms with Crippen LogP contribution in [0.15, 0.2) is 6.07 Å². The lowest BCUT2D eigenvalue weighted by Gasteiger charge is -2.08. The molecule has 0 aliphatic heterocycles. The van der Waals surface area contributed by atoms with Crippen molar-refractivity contribution in [3.63, 3.8) is 0 Å². The summed E-state index contributed by atoms with van der Waals surface area (Å²) in [5.41, 5.74) is 0.151. The number of hydrogen-bond acceptors (Lipinski definition) is 2. The third kappa shape index (κ3) is 2.18. The quantitative estimate of drug-likeness (QED) is 0.762. The Hall–Kier alpha value is -1.21. The van der Waals surface area contributed by atoms with Crippen LogP contribution in [0.2, 0.25) is 5.02 Å². The molecule has 1 aromatic rings. The number of pyridine rings is 1. The number of nitrogens with zero attached hydrogens (tertiary/aromatic N) is 2. The van der Waals surface area contributed by atoms with Gasteiger partial charge in [0.1, 0.15) is 5.69 Å². The highest BCUT2D eigenvalue weighted by Gasteiger charge is 2.17. The Bertz CT molecular complexity index is 385. The first kappa shape index (κ1) is 10.9. The Kier molecular flexibility index (Phi) is 3.37. The zero-order valence-corrected chi connectivity index (χ0v) is 8.15. The molecule has 5 heteroatoms. The Morgan fingerprint density at radius 3 is 2.79 bits per heavy atom. The van der Waals surface area contributed by atoms with Gasteiger partial charge in [0.05, 0.1) is 12.5 Å². The number of rotatable bonds is 2. The van der Waals surface area contributed by atoms with Crippen molar-refractivity contribution >= 4 is 11.6 Å². The molecule has 1 rings (SSSR count). The van der Waals surface area contributed by atoms with Gasteiger partial charge in [-0.3, -0.25) is 4.98 Å². The fourth-order valence-electron chi connectivity index (χ4n) is 1.12. The van der Waals surface area contributed by atoms with Crippen LogP contribution in [0.1, 0.15) is 23.4 Å². The molecule has 0 saturated carbocycles. The van der Waals surface area contributed by atoms with Crippen LogP contribution in [0.3, 0.4) is 0 Å². The highest BCUT2D eigenvalue weighted by molar-refractivity contribution is 6.31. The molecule has 0 N–H and O–H groups in total. The maximum absolute atomic E-state index is 12.5. The van der Waals surface area contributed by atoms with E-state index in [4.69, 9.17) is 16.9 Å². The minimum atomic E-state index is -2.70. The largest absolute Gasteiger partial charge is 0.280 e. The van der Waals surface area contributed by atoms with E-state index in [0.29, 0.717) is 5.69 Å². The van der Waals surface area contributed by atoms with Crippen LogP contribution in [0.5, 0.6) is 0 Å². The van der Waals surface area contributed by atoms with Crippen molar-refractivity contribution < 1.29 is 8.78 Å². The fraction of sp³-hybridized carbons (Fsp3) is 0.333. The number of alkyl halides is 2. The van der Waals surface area contributed by atoms with E-state index in [0.717, 1.165) is 0 Å². The van der Waals surface area contributed by atoms with Gasteiger partial charge < -0.3 is 0 Å². The summed E-state index contributed by atoms with van der Waals surface area (Å²) in [6.07, 6.45) is -2.85. The Morgan fingerprint density at radius 2 is 2.29 bits per heavy atom. The van der Waals surface area contributed by atoms with Gasteiger partial charge in [-0.05, 0) is 13.0 Å². The third-order valence-electron chi connectivity index (χ3n) is 1.69. The second kappa shape index (κ2) is 4.34. The standard InChI is InChI=1S/C9H7ClF2N2/c1-5-4-7(10)6(2-3-13)8(14-5)9(11)12/h4,9H,2H2,1H3. The zero-order valence-electron chi connectivity index (χ0n) is 7.39. The van der Waals surface area contributed by atoms with Gasteiger partial charge in [-0.15, -0.1) is 0 Å². The lowest BCUT2D eigenvalue weighted by atomic mass is 10.1. The smallest absolute Gasteiger partial charge is 0.252 e. The maximum Gasteiger partial charge on any atom is 0.280 e. The normalized spacial score (nSPS) is 10.3. The van der Waals surface area contributed by atoms with E-state index in [1.54, 1.807) is 13.0 Å². The molecule has 0 spiro atoms. The molecule has 14 heavy (non-hydrogen) atoms. The topological polar surface area (TPSA) is 36.7 Å². The second-order valence-corrected chi connectivity index (χ2v) is 3.15. The Balaban J connectivity index is 3.30.